The van der Waals surface area contributed by atoms with Crippen LogP contribution >= 0.6 is 0 Å². The summed E-state index contributed by atoms with van der Waals surface area (Å²) in [5.74, 6) is 0.643. The van der Waals surface area contributed by atoms with Gasteiger partial charge in [0, 0.05) is 11.3 Å². The third-order valence-corrected chi connectivity index (χ3v) is 6.00. The number of tetrazole rings is 1. The quantitative estimate of drug-likeness (QED) is 0.398. The number of fused-ring (bicyclic) bond motifs is 1. The van der Waals surface area contributed by atoms with Crippen LogP contribution in [0.25, 0.3) is 0 Å². The normalized spacial score (nSPS) is 14.7. The van der Waals surface area contributed by atoms with Crippen LogP contribution in [-0.4, -0.2) is 26.2 Å². The second kappa shape index (κ2) is 9.80. The monoisotopic (exact) mass is 467 g/mol. The maximum absolute atomic E-state index is 13.4. The third-order valence-electron chi connectivity index (χ3n) is 6.00. The smallest absolute Gasteiger partial charge is 0.338 e. The van der Waals surface area contributed by atoms with Gasteiger partial charge in [0.25, 0.3) is 0 Å². The molecular weight excluding hydrogens is 442 g/mol. The van der Waals surface area contributed by atoms with E-state index in [-0.39, 0.29) is 6.61 Å². The number of hydrogen-bond donors (Lipinski definition) is 1. The van der Waals surface area contributed by atoms with E-state index in [9.17, 15) is 4.79 Å². The molecule has 35 heavy (non-hydrogen) atoms. The number of aromatic nitrogens is 4. The first-order valence-corrected chi connectivity index (χ1v) is 11.3. The van der Waals surface area contributed by atoms with Crippen molar-refractivity contribution in [2.45, 2.75) is 33.1 Å². The van der Waals surface area contributed by atoms with Crippen LogP contribution in [0.2, 0.25) is 0 Å². The number of aryl methyl sites for hydroxylation is 1. The third kappa shape index (κ3) is 4.63. The van der Waals surface area contributed by atoms with Gasteiger partial charge in [-0.3, -0.25) is 0 Å². The van der Waals surface area contributed by atoms with E-state index in [1.165, 1.54) is 0 Å². The molecule has 0 amide bonds. The molecule has 1 aliphatic heterocycles. The fourth-order valence-corrected chi connectivity index (χ4v) is 4.13. The van der Waals surface area contributed by atoms with Gasteiger partial charge in [-0.15, -0.1) is 0 Å². The Morgan fingerprint density at radius 2 is 1.69 bits per heavy atom. The summed E-state index contributed by atoms with van der Waals surface area (Å²) in [6.45, 7) is 4.43. The fraction of sp³-hybridized carbons (Fsp3) is 0.185. The lowest BCUT2D eigenvalue weighted by Crippen LogP contribution is -2.30. The van der Waals surface area contributed by atoms with Gasteiger partial charge in [-0.25, -0.2) is 4.79 Å². The average molecular weight is 468 g/mol. The fourth-order valence-electron chi connectivity index (χ4n) is 4.13. The molecular formula is C27H25N5O3. The highest BCUT2D eigenvalue weighted by Crippen LogP contribution is 2.39. The van der Waals surface area contributed by atoms with Crippen molar-refractivity contribution < 1.29 is 14.3 Å². The van der Waals surface area contributed by atoms with Crippen LogP contribution in [0.3, 0.4) is 0 Å². The second-order valence-electron chi connectivity index (χ2n) is 8.33. The zero-order chi connectivity index (χ0) is 24.2. The molecule has 176 valence electrons. The Morgan fingerprint density at radius 1 is 0.943 bits per heavy atom. The molecule has 1 N–H and O–H groups in total. The van der Waals surface area contributed by atoms with Crippen LogP contribution in [0, 0.1) is 6.92 Å². The highest BCUT2D eigenvalue weighted by atomic mass is 16.5. The predicted octanol–water partition coefficient (Wildman–Crippen LogP) is 4.59. The lowest BCUT2D eigenvalue weighted by atomic mass is 9.95. The molecule has 0 radical (unpaired) electrons. The zero-order valence-electron chi connectivity index (χ0n) is 19.5. The molecule has 1 aliphatic rings. The number of benzene rings is 3. The van der Waals surface area contributed by atoms with Crippen molar-refractivity contribution in [3.8, 4) is 5.75 Å². The maximum atomic E-state index is 13.4. The summed E-state index contributed by atoms with van der Waals surface area (Å²) >= 11 is 0. The molecule has 0 spiro atoms. The predicted molar refractivity (Wildman–Crippen MR) is 130 cm³/mol. The summed E-state index contributed by atoms with van der Waals surface area (Å²) in [6.07, 6.45) is 0. The Balaban J connectivity index is 1.48. The lowest BCUT2D eigenvalue weighted by molar-refractivity contribution is -0.140. The highest BCUT2D eigenvalue weighted by molar-refractivity contribution is 5.92. The molecule has 2 heterocycles. The number of esters is 1. The molecule has 8 heteroatoms. The minimum atomic E-state index is -0.613. The van der Waals surface area contributed by atoms with Crippen molar-refractivity contribution in [3.05, 3.63) is 112 Å². The van der Waals surface area contributed by atoms with Crippen LogP contribution in [0.1, 0.15) is 35.2 Å². The first kappa shape index (κ1) is 22.3. The highest BCUT2D eigenvalue weighted by Gasteiger charge is 2.36. The van der Waals surface area contributed by atoms with E-state index in [4.69, 9.17) is 9.47 Å². The van der Waals surface area contributed by atoms with Crippen molar-refractivity contribution in [2.75, 3.05) is 5.32 Å². The van der Waals surface area contributed by atoms with Gasteiger partial charge in [0.1, 0.15) is 25.0 Å². The standard InChI is InChI=1S/C27H25N5O3/c1-18-10-6-7-13-21(18)17-34-23-15-9-8-14-22(23)25-24(19(2)28-27-29-30-31-32(25)27)26(33)35-16-20-11-4-3-5-12-20/h3-15,25H,16-17H2,1-2H3,(H,28,29,31). The number of rotatable bonds is 7. The molecule has 4 aromatic rings. The minimum Gasteiger partial charge on any atom is -0.489 e. The lowest BCUT2D eigenvalue weighted by Gasteiger charge is -2.28. The molecule has 0 saturated heterocycles. The van der Waals surface area contributed by atoms with Crippen LogP contribution in [0.15, 0.2) is 90.1 Å². The molecule has 8 nitrogen and oxygen atoms in total. The Morgan fingerprint density at radius 3 is 2.51 bits per heavy atom. The molecule has 5 rings (SSSR count). The summed E-state index contributed by atoms with van der Waals surface area (Å²) < 4.78 is 13.6. The Bertz CT molecular complexity index is 1380. The van der Waals surface area contributed by atoms with Crippen molar-refractivity contribution in [1.82, 2.24) is 20.2 Å². The SMILES string of the molecule is CC1=C(C(=O)OCc2ccccc2)C(c2ccccc2OCc2ccccc2C)n2nnnc2N1. The number of para-hydroxylation sites is 1. The van der Waals surface area contributed by atoms with E-state index in [1.807, 2.05) is 79.7 Å². The molecule has 0 aliphatic carbocycles. The Labute approximate surface area is 203 Å². The number of ether oxygens (including phenoxy) is 2. The number of carbonyl (C=O) groups is 1. The number of carbonyl (C=O) groups excluding carboxylic acids is 1. The number of nitrogens with zero attached hydrogens (tertiary/aromatic N) is 4. The molecule has 0 saturated carbocycles. The van der Waals surface area contributed by atoms with Gasteiger partial charge in [-0.2, -0.15) is 4.68 Å². The van der Waals surface area contributed by atoms with Gasteiger partial charge in [0.2, 0.25) is 5.95 Å². The number of anilines is 1. The van der Waals surface area contributed by atoms with Gasteiger partial charge in [-0.05, 0) is 47.0 Å². The van der Waals surface area contributed by atoms with Gasteiger partial charge < -0.3 is 14.8 Å². The zero-order valence-corrected chi connectivity index (χ0v) is 19.5. The van der Waals surface area contributed by atoms with Crippen molar-refractivity contribution >= 4 is 11.9 Å². The van der Waals surface area contributed by atoms with Gasteiger partial charge in [0.05, 0.1) is 5.57 Å². The summed E-state index contributed by atoms with van der Waals surface area (Å²) in [5, 5.41) is 15.2. The average Bonchev–Trinajstić information content (AvgIpc) is 3.35. The second-order valence-corrected chi connectivity index (χ2v) is 8.33. The summed E-state index contributed by atoms with van der Waals surface area (Å²) in [7, 11) is 0. The Hall–Kier alpha value is -4.46. The van der Waals surface area contributed by atoms with E-state index in [0.717, 1.165) is 22.3 Å². The molecule has 3 aromatic carbocycles. The van der Waals surface area contributed by atoms with Crippen molar-refractivity contribution in [3.63, 3.8) is 0 Å². The van der Waals surface area contributed by atoms with Crippen molar-refractivity contribution in [1.29, 1.82) is 0 Å². The molecule has 0 fully saturated rings. The number of hydrogen-bond acceptors (Lipinski definition) is 7. The number of allylic oxidation sites excluding steroid dienone is 1. The van der Waals surface area contributed by atoms with Crippen LogP contribution in [-0.2, 0) is 22.7 Å². The summed E-state index contributed by atoms with van der Waals surface area (Å²) in [6, 6.07) is 24.7. The van der Waals surface area contributed by atoms with E-state index in [0.29, 0.717) is 29.6 Å². The van der Waals surface area contributed by atoms with Crippen LogP contribution in [0.5, 0.6) is 5.75 Å². The minimum absolute atomic E-state index is 0.164. The first-order chi connectivity index (χ1) is 17.1. The summed E-state index contributed by atoms with van der Waals surface area (Å²) in [5.41, 5.74) is 4.96. The molecule has 0 bridgehead atoms. The van der Waals surface area contributed by atoms with Crippen molar-refractivity contribution in [2.24, 2.45) is 0 Å². The summed E-state index contributed by atoms with van der Waals surface area (Å²) in [4.78, 5) is 13.4. The first-order valence-electron chi connectivity index (χ1n) is 11.3. The van der Waals surface area contributed by atoms with Gasteiger partial charge in [-0.1, -0.05) is 77.9 Å². The van der Waals surface area contributed by atoms with E-state index >= 15 is 0 Å². The van der Waals surface area contributed by atoms with E-state index in [2.05, 4.69) is 33.8 Å². The van der Waals surface area contributed by atoms with Gasteiger partial charge >= 0.3 is 5.97 Å². The molecule has 1 aromatic heterocycles. The Kier molecular flexibility index (Phi) is 6.26. The topological polar surface area (TPSA) is 91.2 Å². The van der Waals surface area contributed by atoms with Gasteiger partial charge in [0.15, 0.2) is 0 Å². The van der Waals surface area contributed by atoms with E-state index < -0.39 is 12.0 Å². The number of nitrogens with one attached hydrogen (secondary N) is 1. The maximum Gasteiger partial charge on any atom is 0.338 e. The van der Waals surface area contributed by atoms with E-state index in [1.54, 1.807) is 4.68 Å². The van der Waals surface area contributed by atoms with Crippen LogP contribution in [0.4, 0.5) is 5.95 Å². The largest absolute Gasteiger partial charge is 0.489 e. The molecule has 1 unspecified atom stereocenters. The van der Waals surface area contributed by atoms with Crippen LogP contribution < -0.4 is 10.1 Å². The molecule has 1 atom stereocenters.